The predicted molar refractivity (Wildman–Crippen MR) is 111 cm³/mol. The van der Waals surface area contributed by atoms with E-state index in [1.54, 1.807) is 52.0 Å². The summed E-state index contributed by atoms with van der Waals surface area (Å²) in [6.07, 6.45) is -1.04. The third-order valence-electron chi connectivity index (χ3n) is 4.65. The molecule has 0 radical (unpaired) electrons. The molecule has 0 saturated heterocycles. The van der Waals surface area contributed by atoms with E-state index >= 15 is 0 Å². The van der Waals surface area contributed by atoms with Crippen LogP contribution in [-0.2, 0) is 14.3 Å². The topological polar surface area (TPSA) is 115 Å². The highest BCUT2D eigenvalue weighted by Gasteiger charge is 2.26. The van der Waals surface area contributed by atoms with Gasteiger partial charge in [0.2, 0.25) is 11.7 Å². The Hall–Kier alpha value is -3.42. The Kier molecular flexibility index (Phi) is 7.15. The van der Waals surface area contributed by atoms with Crippen LogP contribution in [-0.4, -0.2) is 41.8 Å². The van der Waals surface area contributed by atoms with Crippen molar-refractivity contribution in [3.8, 4) is 0 Å². The van der Waals surface area contributed by atoms with E-state index in [2.05, 4.69) is 10.3 Å². The minimum atomic E-state index is -1.04. The molecular formula is C22H26N2O6. The summed E-state index contributed by atoms with van der Waals surface area (Å²) in [5.74, 6) is -1.98. The Morgan fingerprint density at radius 3 is 2.10 bits per heavy atom. The van der Waals surface area contributed by atoms with E-state index in [9.17, 15) is 19.2 Å². The van der Waals surface area contributed by atoms with Crippen molar-refractivity contribution in [3.63, 3.8) is 0 Å². The fraction of sp³-hybridized carbons (Fsp3) is 0.364. The van der Waals surface area contributed by atoms with Gasteiger partial charge in [0.1, 0.15) is 5.69 Å². The number of benzene rings is 1. The van der Waals surface area contributed by atoms with Crippen molar-refractivity contribution in [2.75, 3.05) is 12.4 Å². The quantitative estimate of drug-likeness (QED) is 0.530. The van der Waals surface area contributed by atoms with E-state index < -0.39 is 18.0 Å². The van der Waals surface area contributed by atoms with Crippen LogP contribution in [0.2, 0.25) is 0 Å². The first-order valence-corrected chi connectivity index (χ1v) is 9.50. The number of hydrogen-bond acceptors (Lipinski definition) is 6. The molecule has 8 heteroatoms. The lowest BCUT2D eigenvalue weighted by Crippen LogP contribution is -2.25. The number of Topliss-reactive ketones (excluding diaryl/α,β-unsaturated/α-hetero) is 1. The first-order chi connectivity index (χ1) is 14.1. The van der Waals surface area contributed by atoms with Crippen LogP contribution in [0.15, 0.2) is 24.3 Å². The lowest BCUT2D eigenvalue weighted by atomic mass is 10.1. The minimum absolute atomic E-state index is 0.0966. The average Bonchev–Trinajstić information content (AvgIpc) is 3.01. The van der Waals surface area contributed by atoms with Crippen LogP contribution in [0.25, 0.3) is 0 Å². The molecule has 0 bridgehead atoms. The molecule has 0 saturated carbocycles. The molecule has 30 heavy (non-hydrogen) atoms. The fourth-order valence-corrected chi connectivity index (χ4v) is 2.87. The second kappa shape index (κ2) is 9.39. The lowest BCUT2D eigenvalue weighted by Gasteiger charge is -2.13. The highest BCUT2D eigenvalue weighted by atomic mass is 16.5. The predicted octanol–water partition coefficient (Wildman–Crippen LogP) is 3.44. The smallest absolute Gasteiger partial charge is 0.355 e. The zero-order chi connectivity index (χ0) is 22.6. The van der Waals surface area contributed by atoms with Gasteiger partial charge in [-0.05, 0) is 50.6 Å². The number of H-pyrrole nitrogens is 1. The molecule has 1 atom stereocenters. The van der Waals surface area contributed by atoms with E-state index in [4.69, 9.17) is 9.47 Å². The number of carbonyl (C=O) groups excluding carboxylic acids is 4. The summed E-state index contributed by atoms with van der Waals surface area (Å²) in [5.41, 5.74) is 2.15. The van der Waals surface area contributed by atoms with Crippen molar-refractivity contribution in [1.82, 2.24) is 4.98 Å². The van der Waals surface area contributed by atoms with E-state index in [0.717, 1.165) is 0 Å². The number of methoxy groups -OCH3 is 1. The molecular weight excluding hydrogens is 388 g/mol. The summed E-state index contributed by atoms with van der Waals surface area (Å²) in [7, 11) is 1.26. The molecule has 1 heterocycles. The molecule has 2 N–H and O–H groups in total. The number of rotatable bonds is 7. The first-order valence-electron chi connectivity index (χ1n) is 9.50. The Morgan fingerprint density at radius 2 is 1.57 bits per heavy atom. The van der Waals surface area contributed by atoms with Crippen LogP contribution in [0.1, 0.15) is 63.2 Å². The maximum absolute atomic E-state index is 12.6. The zero-order valence-electron chi connectivity index (χ0n) is 17.9. The average molecular weight is 414 g/mol. The number of ether oxygens (including phenoxy) is 2. The molecule has 0 spiro atoms. The van der Waals surface area contributed by atoms with Gasteiger partial charge in [0.05, 0.1) is 12.7 Å². The van der Waals surface area contributed by atoms with Gasteiger partial charge in [-0.15, -0.1) is 0 Å². The summed E-state index contributed by atoms with van der Waals surface area (Å²) in [4.78, 5) is 51.6. The minimum Gasteiger partial charge on any atom is -0.465 e. The molecule has 8 nitrogen and oxygen atoms in total. The zero-order valence-corrected chi connectivity index (χ0v) is 17.9. The third-order valence-corrected chi connectivity index (χ3v) is 4.65. The van der Waals surface area contributed by atoms with E-state index in [1.807, 2.05) is 0 Å². The molecule has 2 aromatic rings. The standard InChI is InChI=1S/C22H26N2O6/c1-11(2)20(26)24-16-9-7-15(8-10-16)19(25)14(5)30-22(28)18-12(3)17(13(4)23-18)21(27)29-6/h7-11,14,23H,1-6H3,(H,24,26). The van der Waals surface area contributed by atoms with Crippen LogP contribution >= 0.6 is 0 Å². The summed E-state index contributed by atoms with van der Waals surface area (Å²) < 4.78 is 10.0. The molecule has 1 aromatic carbocycles. The van der Waals surface area contributed by atoms with Gasteiger partial charge in [-0.3, -0.25) is 9.59 Å². The van der Waals surface area contributed by atoms with Crippen LogP contribution in [0.3, 0.4) is 0 Å². The summed E-state index contributed by atoms with van der Waals surface area (Å²) in [6.45, 7) is 8.28. The SMILES string of the molecule is COC(=O)c1c(C)[nH]c(C(=O)OC(C)C(=O)c2ccc(NC(=O)C(C)C)cc2)c1C. The molecule has 160 valence electrons. The molecule has 1 amide bonds. The number of amides is 1. The van der Waals surface area contributed by atoms with Crippen molar-refractivity contribution >= 4 is 29.3 Å². The highest BCUT2D eigenvalue weighted by molar-refractivity contribution is 6.03. The van der Waals surface area contributed by atoms with E-state index in [1.165, 1.54) is 14.0 Å². The Balaban J connectivity index is 2.10. The van der Waals surface area contributed by atoms with Gasteiger partial charge < -0.3 is 19.8 Å². The maximum atomic E-state index is 12.6. The molecule has 0 aliphatic carbocycles. The second-order valence-electron chi connectivity index (χ2n) is 7.25. The van der Waals surface area contributed by atoms with Crippen LogP contribution in [0, 0.1) is 19.8 Å². The Bertz CT molecular complexity index is 972. The summed E-state index contributed by atoms with van der Waals surface area (Å²) >= 11 is 0. The van der Waals surface area contributed by atoms with Gasteiger partial charge >= 0.3 is 11.9 Å². The molecule has 1 aromatic heterocycles. The number of anilines is 1. The number of esters is 2. The summed E-state index contributed by atoms with van der Waals surface area (Å²) in [5, 5.41) is 2.74. The normalized spacial score (nSPS) is 11.7. The van der Waals surface area contributed by atoms with Gasteiger partial charge in [-0.1, -0.05) is 13.8 Å². The Labute approximate surface area is 175 Å². The number of aromatic nitrogens is 1. The van der Waals surface area contributed by atoms with Gasteiger partial charge in [-0.2, -0.15) is 0 Å². The van der Waals surface area contributed by atoms with E-state index in [-0.39, 0.29) is 28.9 Å². The van der Waals surface area contributed by atoms with Crippen LogP contribution in [0.5, 0.6) is 0 Å². The fourth-order valence-electron chi connectivity index (χ4n) is 2.87. The number of nitrogens with one attached hydrogen (secondary N) is 2. The number of aryl methyl sites for hydroxylation is 1. The van der Waals surface area contributed by atoms with E-state index in [0.29, 0.717) is 22.5 Å². The lowest BCUT2D eigenvalue weighted by molar-refractivity contribution is -0.118. The third kappa shape index (κ3) is 4.94. The molecule has 2 rings (SSSR count). The number of carbonyl (C=O) groups is 4. The van der Waals surface area contributed by atoms with Crippen molar-refractivity contribution in [1.29, 1.82) is 0 Å². The monoisotopic (exact) mass is 414 g/mol. The van der Waals surface area contributed by atoms with Gasteiger partial charge in [0.25, 0.3) is 0 Å². The Morgan fingerprint density at radius 1 is 0.967 bits per heavy atom. The number of aromatic amines is 1. The van der Waals surface area contributed by atoms with Gasteiger partial charge in [-0.25, -0.2) is 9.59 Å². The largest absolute Gasteiger partial charge is 0.465 e. The highest BCUT2D eigenvalue weighted by Crippen LogP contribution is 2.21. The number of ketones is 1. The van der Waals surface area contributed by atoms with Crippen molar-refractivity contribution in [2.24, 2.45) is 5.92 Å². The van der Waals surface area contributed by atoms with Crippen LogP contribution in [0.4, 0.5) is 5.69 Å². The van der Waals surface area contributed by atoms with Crippen molar-refractivity contribution < 1.29 is 28.7 Å². The van der Waals surface area contributed by atoms with Gasteiger partial charge in [0, 0.05) is 22.9 Å². The molecule has 1 unspecified atom stereocenters. The van der Waals surface area contributed by atoms with Crippen LogP contribution < -0.4 is 5.32 Å². The number of hydrogen-bond donors (Lipinski definition) is 2. The molecule has 0 aliphatic rings. The van der Waals surface area contributed by atoms with Crippen molar-refractivity contribution in [2.45, 2.75) is 40.7 Å². The molecule has 0 aliphatic heterocycles. The molecule has 0 fully saturated rings. The maximum Gasteiger partial charge on any atom is 0.355 e. The van der Waals surface area contributed by atoms with Crippen molar-refractivity contribution in [3.05, 3.63) is 52.3 Å². The first kappa shape index (κ1) is 22.9. The van der Waals surface area contributed by atoms with Gasteiger partial charge in [0.15, 0.2) is 6.10 Å². The second-order valence-corrected chi connectivity index (χ2v) is 7.25. The summed E-state index contributed by atoms with van der Waals surface area (Å²) in [6, 6.07) is 6.34.